The van der Waals surface area contributed by atoms with E-state index in [9.17, 15) is 19.7 Å². The van der Waals surface area contributed by atoms with Crippen molar-refractivity contribution < 1.29 is 19.2 Å². The minimum absolute atomic E-state index is 0.0462. The van der Waals surface area contributed by atoms with Gasteiger partial charge in [-0.15, -0.1) is 0 Å². The second-order valence-electron chi connectivity index (χ2n) is 5.46. The SMILES string of the molecule is Cc1cccc(COC(=O)CCNC(=O)c2ccc([N+](=O)[O-])cc2)c1. The summed E-state index contributed by atoms with van der Waals surface area (Å²) >= 11 is 0. The highest BCUT2D eigenvalue weighted by Gasteiger charge is 2.10. The number of hydrogen-bond acceptors (Lipinski definition) is 5. The molecule has 0 atom stereocenters. The van der Waals surface area contributed by atoms with Crippen LogP contribution >= 0.6 is 0 Å². The largest absolute Gasteiger partial charge is 0.461 e. The molecular formula is C18H18N2O5. The van der Waals surface area contributed by atoms with E-state index >= 15 is 0 Å². The Bertz CT molecular complexity index is 771. The number of nitrogens with one attached hydrogen (secondary N) is 1. The van der Waals surface area contributed by atoms with Crippen LogP contribution in [-0.2, 0) is 16.1 Å². The van der Waals surface area contributed by atoms with Crippen LogP contribution in [0.1, 0.15) is 27.9 Å². The fourth-order valence-corrected chi connectivity index (χ4v) is 2.15. The van der Waals surface area contributed by atoms with E-state index in [-0.39, 0.29) is 25.3 Å². The van der Waals surface area contributed by atoms with Gasteiger partial charge in [-0.25, -0.2) is 0 Å². The van der Waals surface area contributed by atoms with Gasteiger partial charge < -0.3 is 10.1 Å². The Labute approximate surface area is 144 Å². The number of benzene rings is 2. The summed E-state index contributed by atoms with van der Waals surface area (Å²) in [6.45, 7) is 2.28. The second kappa shape index (κ2) is 8.58. The lowest BCUT2D eigenvalue weighted by molar-refractivity contribution is -0.384. The first kappa shape index (κ1) is 18.1. The maximum absolute atomic E-state index is 11.9. The van der Waals surface area contributed by atoms with E-state index in [1.807, 2.05) is 31.2 Å². The maximum Gasteiger partial charge on any atom is 0.307 e. The van der Waals surface area contributed by atoms with Crippen LogP contribution in [0.15, 0.2) is 48.5 Å². The summed E-state index contributed by atoms with van der Waals surface area (Å²) in [6.07, 6.45) is 0.0462. The first-order valence-electron chi connectivity index (χ1n) is 7.69. The number of hydrogen-bond donors (Lipinski definition) is 1. The predicted octanol–water partition coefficient (Wildman–Crippen LogP) is 2.77. The number of rotatable bonds is 7. The Hall–Kier alpha value is -3.22. The molecule has 0 fully saturated rings. The van der Waals surface area contributed by atoms with Gasteiger partial charge in [-0.2, -0.15) is 0 Å². The quantitative estimate of drug-likeness (QED) is 0.474. The first-order valence-corrected chi connectivity index (χ1v) is 7.69. The van der Waals surface area contributed by atoms with Crippen LogP contribution in [0.3, 0.4) is 0 Å². The molecule has 2 aromatic carbocycles. The minimum Gasteiger partial charge on any atom is -0.461 e. The molecule has 0 aliphatic carbocycles. The standard InChI is InChI=1S/C18H18N2O5/c1-13-3-2-4-14(11-13)12-25-17(21)9-10-19-18(22)15-5-7-16(8-6-15)20(23)24/h2-8,11H,9-10,12H2,1H3,(H,19,22). The number of nitrogens with zero attached hydrogens (tertiary/aromatic N) is 1. The molecule has 7 heteroatoms. The average Bonchev–Trinajstić information content (AvgIpc) is 2.60. The third kappa shape index (κ3) is 5.72. The number of carbonyl (C=O) groups excluding carboxylic acids is 2. The number of nitro groups is 1. The molecule has 0 bridgehead atoms. The zero-order valence-corrected chi connectivity index (χ0v) is 13.7. The summed E-state index contributed by atoms with van der Waals surface area (Å²) in [5.41, 5.74) is 2.20. The molecule has 0 aliphatic rings. The molecule has 1 N–H and O–H groups in total. The van der Waals surface area contributed by atoms with Gasteiger partial charge in [-0.3, -0.25) is 19.7 Å². The van der Waals surface area contributed by atoms with Crippen molar-refractivity contribution in [1.29, 1.82) is 0 Å². The summed E-state index contributed by atoms with van der Waals surface area (Å²) in [5.74, 6) is -0.813. The van der Waals surface area contributed by atoms with Gasteiger partial charge in [0.1, 0.15) is 6.61 Å². The molecule has 0 heterocycles. The van der Waals surface area contributed by atoms with Gasteiger partial charge in [0.25, 0.3) is 11.6 Å². The molecule has 0 unspecified atom stereocenters. The molecule has 0 saturated carbocycles. The van der Waals surface area contributed by atoms with Gasteiger partial charge in [-0.1, -0.05) is 29.8 Å². The molecule has 0 saturated heterocycles. The summed E-state index contributed by atoms with van der Waals surface area (Å²) < 4.78 is 5.15. The molecular weight excluding hydrogens is 324 g/mol. The van der Waals surface area contributed by atoms with Crippen molar-refractivity contribution in [2.75, 3.05) is 6.54 Å². The fourth-order valence-electron chi connectivity index (χ4n) is 2.15. The van der Waals surface area contributed by atoms with Crippen LogP contribution in [0, 0.1) is 17.0 Å². The van der Waals surface area contributed by atoms with Crippen molar-refractivity contribution in [3.05, 3.63) is 75.3 Å². The molecule has 1 amide bonds. The van der Waals surface area contributed by atoms with Gasteiger partial charge in [0, 0.05) is 24.2 Å². The molecule has 7 nitrogen and oxygen atoms in total. The molecule has 0 aliphatic heterocycles. The Kier molecular flexibility index (Phi) is 6.22. The summed E-state index contributed by atoms with van der Waals surface area (Å²) in [4.78, 5) is 33.6. The lowest BCUT2D eigenvalue weighted by Crippen LogP contribution is -2.26. The van der Waals surface area contributed by atoms with E-state index in [4.69, 9.17) is 4.74 Å². The molecule has 0 spiro atoms. The van der Waals surface area contributed by atoms with Crippen molar-refractivity contribution in [1.82, 2.24) is 5.32 Å². The van der Waals surface area contributed by atoms with E-state index in [1.165, 1.54) is 24.3 Å². The number of carbonyl (C=O) groups is 2. The van der Waals surface area contributed by atoms with Crippen LogP contribution in [0.2, 0.25) is 0 Å². The Morgan fingerprint density at radius 2 is 1.88 bits per heavy atom. The van der Waals surface area contributed by atoms with E-state index < -0.39 is 16.8 Å². The molecule has 0 aromatic heterocycles. The van der Waals surface area contributed by atoms with Crippen molar-refractivity contribution in [3.8, 4) is 0 Å². The van der Waals surface area contributed by atoms with Crippen molar-refractivity contribution in [2.45, 2.75) is 20.0 Å². The Balaban J connectivity index is 1.73. The summed E-state index contributed by atoms with van der Waals surface area (Å²) in [6, 6.07) is 12.9. The van der Waals surface area contributed by atoms with Crippen LogP contribution in [-0.4, -0.2) is 23.3 Å². The van der Waals surface area contributed by atoms with Gasteiger partial charge in [0.2, 0.25) is 0 Å². The highest BCUT2D eigenvalue weighted by Crippen LogP contribution is 2.11. The number of ether oxygens (including phenoxy) is 1. The molecule has 2 rings (SSSR count). The summed E-state index contributed by atoms with van der Waals surface area (Å²) in [5, 5.41) is 13.1. The van der Waals surface area contributed by atoms with Crippen LogP contribution < -0.4 is 5.32 Å². The summed E-state index contributed by atoms with van der Waals surface area (Å²) in [7, 11) is 0. The zero-order chi connectivity index (χ0) is 18.2. The highest BCUT2D eigenvalue weighted by atomic mass is 16.6. The van der Waals surface area contributed by atoms with Crippen molar-refractivity contribution in [3.63, 3.8) is 0 Å². The second-order valence-corrected chi connectivity index (χ2v) is 5.46. The normalized spacial score (nSPS) is 10.1. The minimum atomic E-state index is -0.536. The van der Waals surface area contributed by atoms with E-state index in [2.05, 4.69) is 5.32 Å². The Morgan fingerprint density at radius 1 is 1.16 bits per heavy atom. The monoisotopic (exact) mass is 342 g/mol. The lowest BCUT2D eigenvalue weighted by Gasteiger charge is -2.07. The van der Waals surface area contributed by atoms with Gasteiger partial charge in [0.15, 0.2) is 0 Å². The topological polar surface area (TPSA) is 98.5 Å². The molecule has 2 aromatic rings. The number of aryl methyl sites for hydroxylation is 1. The molecule has 130 valence electrons. The first-order chi connectivity index (χ1) is 12.0. The van der Waals surface area contributed by atoms with E-state index in [0.717, 1.165) is 11.1 Å². The van der Waals surface area contributed by atoms with Gasteiger partial charge in [-0.05, 0) is 24.6 Å². The number of non-ortho nitro benzene ring substituents is 1. The number of nitro benzene ring substituents is 1. The van der Waals surface area contributed by atoms with Crippen LogP contribution in [0.4, 0.5) is 5.69 Å². The van der Waals surface area contributed by atoms with Crippen LogP contribution in [0.5, 0.6) is 0 Å². The van der Waals surface area contributed by atoms with Crippen molar-refractivity contribution in [2.24, 2.45) is 0 Å². The van der Waals surface area contributed by atoms with Gasteiger partial charge in [0.05, 0.1) is 11.3 Å². The third-order valence-corrected chi connectivity index (χ3v) is 3.44. The lowest BCUT2D eigenvalue weighted by atomic mass is 10.1. The van der Waals surface area contributed by atoms with Crippen molar-refractivity contribution >= 4 is 17.6 Å². The maximum atomic E-state index is 11.9. The van der Waals surface area contributed by atoms with Crippen LogP contribution in [0.25, 0.3) is 0 Å². The Morgan fingerprint density at radius 3 is 2.52 bits per heavy atom. The fraction of sp³-hybridized carbons (Fsp3) is 0.222. The van der Waals surface area contributed by atoms with E-state index in [1.54, 1.807) is 0 Å². The number of amides is 1. The predicted molar refractivity (Wildman–Crippen MR) is 91.0 cm³/mol. The molecule has 25 heavy (non-hydrogen) atoms. The third-order valence-electron chi connectivity index (χ3n) is 3.44. The smallest absolute Gasteiger partial charge is 0.307 e. The molecule has 0 radical (unpaired) electrons. The van der Waals surface area contributed by atoms with E-state index in [0.29, 0.717) is 5.56 Å². The number of esters is 1. The average molecular weight is 342 g/mol. The zero-order valence-electron chi connectivity index (χ0n) is 13.7. The van der Waals surface area contributed by atoms with Gasteiger partial charge >= 0.3 is 5.97 Å². The highest BCUT2D eigenvalue weighted by molar-refractivity contribution is 5.94.